The molecule has 0 unspecified atom stereocenters. The van der Waals surface area contributed by atoms with E-state index in [1.54, 1.807) is 69.3 Å². The van der Waals surface area contributed by atoms with Gasteiger partial charge in [0.05, 0.1) is 5.52 Å². The highest BCUT2D eigenvalue weighted by molar-refractivity contribution is 6.31. The minimum atomic E-state index is -0.742. The van der Waals surface area contributed by atoms with Crippen LogP contribution in [0.25, 0.3) is 10.9 Å². The number of carbonyl (C=O) groups is 3. The lowest BCUT2D eigenvalue weighted by Crippen LogP contribution is -2.28. The lowest BCUT2D eigenvalue weighted by Gasteiger charge is -2.19. The largest absolute Gasteiger partial charge is 0.457 e. The molecule has 2 heterocycles. The molecule has 4 rings (SSSR count). The summed E-state index contributed by atoms with van der Waals surface area (Å²) in [4.78, 5) is 41.6. The zero-order chi connectivity index (χ0) is 26.7. The van der Waals surface area contributed by atoms with Crippen LogP contribution < -0.4 is 15.4 Å². The van der Waals surface area contributed by atoms with E-state index in [1.165, 1.54) is 19.3 Å². The van der Waals surface area contributed by atoms with Crippen LogP contribution in [0.15, 0.2) is 60.8 Å². The molecule has 2 aromatic heterocycles. The van der Waals surface area contributed by atoms with Gasteiger partial charge in [0.15, 0.2) is 5.69 Å². The fraction of sp³-hybridized carbons (Fsp3) is 0.192. The third-order valence-corrected chi connectivity index (χ3v) is 5.20. The molecular formula is C26H24ClN5O5. The summed E-state index contributed by atoms with van der Waals surface area (Å²) in [5, 5.41) is 10.3. The molecule has 0 saturated heterocycles. The standard InChI is InChI=1S/C26H24ClN5O5/c1-26(2,3)37-25(35)32-21-10-5-15(27)13-19(21)22(31-32)24(34)30-16-6-8-17(9-7-16)36-18-11-12-29-20(14-18)23(33)28-4/h5-14H,1-4H3,(H,28,33)(H,30,34). The zero-order valence-corrected chi connectivity index (χ0v) is 21.3. The fourth-order valence-corrected chi connectivity index (χ4v) is 3.53. The van der Waals surface area contributed by atoms with Gasteiger partial charge in [-0.1, -0.05) is 11.6 Å². The lowest BCUT2D eigenvalue weighted by molar-refractivity contribution is 0.0522. The Labute approximate surface area is 217 Å². The molecule has 190 valence electrons. The van der Waals surface area contributed by atoms with E-state index in [4.69, 9.17) is 21.1 Å². The molecule has 2 amide bonds. The van der Waals surface area contributed by atoms with E-state index in [1.807, 2.05) is 0 Å². The first-order valence-electron chi connectivity index (χ1n) is 11.2. The van der Waals surface area contributed by atoms with Crippen molar-refractivity contribution in [1.82, 2.24) is 20.1 Å². The molecule has 0 fully saturated rings. The molecular weight excluding hydrogens is 498 g/mol. The monoisotopic (exact) mass is 521 g/mol. The van der Waals surface area contributed by atoms with Crippen LogP contribution in [-0.2, 0) is 4.74 Å². The molecule has 0 radical (unpaired) electrons. The first-order valence-corrected chi connectivity index (χ1v) is 11.6. The third kappa shape index (κ3) is 6.04. The van der Waals surface area contributed by atoms with Crippen LogP contribution in [0.3, 0.4) is 0 Å². The molecule has 4 aromatic rings. The van der Waals surface area contributed by atoms with E-state index in [-0.39, 0.29) is 17.3 Å². The first kappa shape index (κ1) is 25.6. The molecule has 10 nitrogen and oxygen atoms in total. The van der Waals surface area contributed by atoms with Gasteiger partial charge in [-0.2, -0.15) is 9.78 Å². The molecule has 37 heavy (non-hydrogen) atoms. The number of nitrogens with zero attached hydrogens (tertiary/aromatic N) is 3. The smallest absolute Gasteiger partial charge is 0.435 e. The summed E-state index contributed by atoms with van der Waals surface area (Å²) >= 11 is 6.15. The van der Waals surface area contributed by atoms with Crippen LogP contribution in [0, 0.1) is 0 Å². The summed E-state index contributed by atoms with van der Waals surface area (Å²) in [6.07, 6.45) is 0.762. The van der Waals surface area contributed by atoms with E-state index in [0.29, 0.717) is 33.1 Å². The van der Waals surface area contributed by atoms with Crippen LogP contribution in [0.2, 0.25) is 5.02 Å². The highest BCUT2D eigenvalue weighted by Crippen LogP contribution is 2.26. The lowest BCUT2D eigenvalue weighted by atomic mass is 10.2. The van der Waals surface area contributed by atoms with Crippen molar-refractivity contribution in [3.8, 4) is 11.5 Å². The molecule has 0 saturated carbocycles. The van der Waals surface area contributed by atoms with Crippen molar-refractivity contribution < 1.29 is 23.9 Å². The molecule has 2 N–H and O–H groups in total. The van der Waals surface area contributed by atoms with Crippen molar-refractivity contribution in [3.63, 3.8) is 0 Å². The summed E-state index contributed by atoms with van der Waals surface area (Å²) < 4.78 is 12.2. The zero-order valence-electron chi connectivity index (χ0n) is 20.5. The Balaban J connectivity index is 1.54. The number of nitrogens with one attached hydrogen (secondary N) is 2. The normalized spacial score (nSPS) is 11.2. The number of hydrogen-bond donors (Lipinski definition) is 2. The first-order chi connectivity index (χ1) is 17.5. The average Bonchev–Trinajstić information content (AvgIpc) is 3.23. The van der Waals surface area contributed by atoms with Gasteiger partial charge in [-0.15, -0.1) is 0 Å². The minimum Gasteiger partial charge on any atom is -0.457 e. The second-order valence-electron chi connectivity index (χ2n) is 8.94. The van der Waals surface area contributed by atoms with E-state index >= 15 is 0 Å². The number of rotatable bonds is 5. The van der Waals surface area contributed by atoms with Gasteiger partial charge < -0.3 is 20.1 Å². The van der Waals surface area contributed by atoms with E-state index in [9.17, 15) is 14.4 Å². The van der Waals surface area contributed by atoms with Crippen molar-refractivity contribution in [3.05, 3.63) is 77.2 Å². The van der Waals surface area contributed by atoms with Crippen LogP contribution in [-0.4, -0.2) is 45.3 Å². The number of benzene rings is 2. The van der Waals surface area contributed by atoms with E-state index in [2.05, 4.69) is 20.7 Å². The quantitative estimate of drug-likeness (QED) is 0.366. The van der Waals surface area contributed by atoms with Gasteiger partial charge in [0.25, 0.3) is 11.8 Å². The molecule has 0 aliphatic carbocycles. The Hall–Kier alpha value is -4.44. The van der Waals surface area contributed by atoms with Gasteiger partial charge in [0, 0.05) is 35.4 Å². The SMILES string of the molecule is CNC(=O)c1cc(Oc2ccc(NC(=O)c3nn(C(=O)OC(C)(C)C)c4ccc(Cl)cc34)cc2)ccn1. The minimum absolute atomic E-state index is 0.0159. The molecule has 0 bridgehead atoms. The van der Waals surface area contributed by atoms with Crippen molar-refractivity contribution in [2.45, 2.75) is 26.4 Å². The van der Waals surface area contributed by atoms with Gasteiger partial charge in [-0.25, -0.2) is 4.79 Å². The van der Waals surface area contributed by atoms with Crippen LogP contribution >= 0.6 is 11.6 Å². The Morgan fingerprint density at radius 2 is 1.68 bits per heavy atom. The summed E-state index contributed by atoms with van der Waals surface area (Å²) in [5.74, 6) is 0.0546. The van der Waals surface area contributed by atoms with Crippen LogP contribution in [0.4, 0.5) is 10.5 Å². The Morgan fingerprint density at radius 3 is 2.35 bits per heavy atom. The molecule has 2 aromatic carbocycles. The number of aromatic nitrogens is 3. The molecule has 11 heteroatoms. The third-order valence-electron chi connectivity index (χ3n) is 4.96. The van der Waals surface area contributed by atoms with Crippen molar-refractivity contribution >= 4 is 46.1 Å². The summed E-state index contributed by atoms with van der Waals surface area (Å²) in [7, 11) is 1.52. The summed E-state index contributed by atoms with van der Waals surface area (Å²) in [6, 6.07) is 14.5. The number of ether oxygens (including phenoxy) is 2. The molecule has 0 aliphatic rings. The Bertz CT molecular complexity index is 1490. The molecule has 0 aliphatic heterocycles. The average molecular weight is 522 g/mol. The van der Waals surface area contributed by atoms with E-state index in [0.717, 1.165) is 4.68 Å². The maximum atomic E-state index is 13.1. The van der Waals surface area contributed by atoms with Gasteiger partial charge >= 0.3 is 6.09 Å². The van der Waals surface area contributed by atoms with Crippen molar-refractivity contribution in [2.24, 2.45) is 0 Å². The number of pyridine rings is 1. The van der Waals surface area contributed by atoms with Crippen molar-refractivity contribution in [1.29, 1.82) is 0 Å². The predicted octanol–water partition coefficient (Wildman–Crippen LogP) is 5.27. The maximum Gasteiger partial charge on any atom is 0.435 e. The molecule has 0 atom stereocenters. The second kappa shape index (κ2) is 10.3. The van der Waals surface area contributed by atoms with E-state index < -0.39 is 17.6 Å². The van der Waals surface area contributed by atoms with Gasteiger partial charge in [0.1, 0.15) is 22.8 Å². The number of carbonyl (C=O) groups excluding carboxylic acids is 3. The predicted molar refractivity (Wildman–Crippen MR) is 138 cm³/mol. The number of hydrogen-bond acceptors (Lipinski definition) is 7. The van der Waals surface area contributed by atoms with Crippen LogP contribution in [0.5, 0.6) is 11.5 Å². The van der Waals surface area contributed by atoms with Gasteiger partial charge in [-0.3, -0.25) is 14.6 Å². The second-order valence-corrected chi connectivity index (χ2v) is 9.38. The van der Waals surface area contributed by atoms with Gasteiger partial charge in [0.2, 0.25) is 0 Å². The number of halogens is 1. The highest BCUT2D eigenvalue weighted by Gasteiger charge is 2.25. The van der Waals surface area contributed by atoms with Crippen LogP contribution in [0.1, 0.15) is 41.7 Å². The summed E-state index contributed by atoms with van der Waals surface area (Å²) in [6.45, 7) is 5.22. The Morgan fingerprint density at radius 1 is 0.946 bits per heavy atom. The number of anilines is 1. The number of fused-ring (bicyclic) bond motifs is 1. The Kier molecular flexibility index (Phi) is 7.12. The van der Waals surface area contributed by atoms with Gasteiger partial charge in [-0.05, 0) is 69.3 Å². The number of amides is 2. The fourth-order valence-electron chi connectivity index (χ4n) is 3.36. The maximum absolute atomic E-state index is 13.1. The topological polar surface area (TPSA) is 124 Å². The molecule has 0 spiro atoms. The summed E-state index contributed by atoms with van der Waals surface area (Å²) in [5.41, 5.74) is 0.360. The highest BCUT2D eigenvalue weighted by atomic mass is 35.5. The van der Waals surface area contributed by atoms with Crippen molar-refractivity contribution in [2.75, 3.05) is 12.4 Å².